The van der Waals surface area contributed by atoms with Crippen LogP contribution in [0.2, 0.25) is 10.0 Å². The minimum Gasteiger partial charge on any atom is -0.340 e. The van der Waals surface area contributed by atoms with Gasteiger partial charge in [-0.2, -0.15) is 4.98 Å². The van der Waals surface area contributed by atoms with Gasteiger partial charge in [0, 0.05) is 19.5 Å². The zero-order valence-electron chi connectivity index (χ0n) is 8.99. The van der Waals surface area contributed by atoms with Crippen molar-refractivity contribution in [2.45, 2.75) is 13.0 Å². The molecule has 0 aliphatic carbocycles. The summed E-state index contributed by atoms with van der Waals surface area (Å²) in [5.74, 6) is 0.631. The van der Waals surface area contributed by atoms with E-state index in [-0.39, 0.29) is 0 Å². The fourth-order valence-electron chi connectivity index (χ4n) is 1.38. The fourth-order valence-corrected chi connectivity index (χ4v) is 1.70. The molecule has 1 aromatic heterocycles. The summed E-state index contributed by atoms with van der Waals surface area (Å²) >= 11 is 11.7. The topological polar surface area (TPSA) is 51.0 Å². The van der Waals surface area contributed by atoms with E-state index in [4.69, 9.17) is 27.7 Å². The summed E-state index contributed by atoms with van der Waals surface area (Å²) in [6, 6.07) is 5.58. The molecule has 0 amide bonds. The molecule has 0 saturated carbocycles. The van der Waals surface area contributed by atoms with Crippen molar-refractivity contribution in [2.24, 2.45) is 0 Å². The van der Waals surface area contributed by atoms with Crippen molar-refractivity contribution in [2.75, 3.05) is 6.54 Å². The lowest BCUT2D eigenvalue weighted by atomic mass is 10.2. The monoisotopic (exact) mass is 271 g/mol. The summed E-state index contributed by atoms with van der Waals surface area (Å²) in [7, 11) is 0. The van der Waals surface area contributed by atoms with Gasteiger partial charge in [-0.15, -0.1) is 0 Å². The molecule has 0 radical (unpaired) electrons. The first-order valence-electron chi connectivity index (χ1n) is 5.16. The molecule has 0 bridgehead atoms. The van der Waals surface area contributed by atoms with Gasteiger partial charge in [-0.05, 0) is 17.7 Å². The van der Waals surface area contributed by atoms with Crippen molar-refractivity contribution in [1.29, 1.82) is 0 Å². The molecule has 2 aromatic rings. The van der Waals surface area contributed by atoms with Gasteiger partial charge >= 0.3 is 0 Å². The van der Waals surface area contributed by atoms with Gasteiger partial charge in [0.05, 0.1) is 10.0 Å². The Morgan fingerprint density at radius 3 is 2.82 bits per heavy atom. The first kappa shape index (κ1) is 12.4. The normalized spacial score (nSPS) is 10.7. The van der Waals surface area contributed by atoms with Crippen molar-refractivity contribution in [3.05, 3.63) is 46.0 Å². The predicted molar refractivity (Wildman–Crippen MR) is 66.2 cm³/mol. The number of halogens is 2. The summed E-state index contributed by atoms with van der Waals surface area (Å²) in [6.07, 6.45) is 2.11. The van der Waals surface area contributed by atoms with E-state index in [9.17, 15) is 0 Å². The van der Waals surface area contributed by atoms with Gasteiger partial charge in [0.15, 0.2) is 6.33 Å². The lowest BCUT2D eigenvalue weighted by Gasteiger charge is -2.04. The second-order valence-corrected chi connectivity index (χ2v) is 4.32. The molecule has 17 heavy (non-hydrogen) atoms. The van der Waals surface area contributed by atoms with Crippen LogP contribution in [-0.2, 0) is 13.0 Å². The van der Waals surface area contributed by atoms with E-state index in [0.717, 1.165) is 18.7 Å². The molecule has 1 N–H and O–H groups in total. The predicted octanol–water partition coefficient (Wildman–Crippen LogP) is 2.71. The number of hydrogen-bond donors (Lipinski definition) is 1. The van der Waals surface area contributed by atoms with E-state index in [1.807, 2.05) is 12.1 Å². The lowest BCUT2D eigenvalue weighted by molar-refractivity contribution is 0.375. The van der Waals surface area contributed by atoms with Crippen LogP contribution in [0.15, 0.2) is 29.0 Å². The van der Waals surface area contributed by atoms with Gasteiger partial charge in [-0.3, -0.25) is 0 Å². The zero-order valence-corrected chi connectivity index (χ0v) is 10.5. The first-order chi connectivity index (χ1) is 8.25. The summed E-state index contributed by atoms with van der Waals surface area (Å²) in [5, 5.41) is 7.93. The standard InChI is InChI=1S/C11H11Cl2N3O/c12-9-2-1-8(5-10(9)13)6-14-4-3-11-15-7-16-17-11/h1-2,5,7,14H,3-4,6H2. The van der Waals surface area contributed by atoms with Gasteiger partial charge in [-0.1, -0.05) is 34.4 Å². The smallest absolute Gasteiger partial charge is 0.227 e. The lowest BCUT2D eigenvalue weighted by Crippen LogP contribution is -2.16. The highest BCUT2D eigenvalue weighted by atomic mass is 35.5. The summed E-state index contributed by atoms with van der Waals surface area (Å²) in [6.45, 7) is 1.49. The number of benzene rings is 1. The van der Waals surface area contributed by atoms with Crippen LogP contribution in [0.5, 0.6) is 0 Å². The molecule has 0 unspecified atom stereocenters. The van der Waals surface area contributed by atoms with E-state index in [1.54, 1.807) is 6.07 Å². The average Bonchev–Trinajstić information content (AvgIpc) is 2.82. The highest BCUT2D eigenvalue weighted by Gasteiger charge is 2.00. The second-order valence-electron chi connectivity index (χ2n) is 3.51. The molecule has 4 nitrogen and oxygen atoms in total. The number of nitrogens with zero attached hydrogens (tertiary/aromatic N) is 2. The molecule has 0 atom stereocenters. The van der Waals surface area contributed by atoms with E-state index in [1.165, 1.54) is 6.33 Å². The van der Waals surface area contributed by atoms with Crippen molar-refractivity contribution in [1.82, 2.24) is 15.5 Å². The minimum atomic E-state index is 0.571. The number of hydrogen-bond acceptors (Lipinski definition) is 4. The third-order valence-corrected chi connectivity index (χ3v) is 2.97. The molecule has 1 heterocycles. The SMILES string of the molecule is Clc1ccc(CNCCc2ncno2)cc1Cl. The van der Waals surface area contributed by atoms with Crippen LogP contribution in [0.25, 0.3) is 0 Å². The Bertz CT molecular complexity index is 474. The van der Waals surface area contributed by atoms with Crippen LogP contribution in [-0.4, -0.2) is 16.7 Å². The summed E-state index contributed by atoms with van der Waals surface area (Å²) < 4.78 is 4.88. The van der Waals surface area contributed by atoms with Crippen LogP contribution in [0.4, 0.5) is 0 Å². The number of aromatic nitrogens is 2. The molecule has 0 aliphatic rings. The Morgan fingerprint density at radius 1 is 1.24 bits per heavy atom. The number of rotatable bonds is 5. The molecule has 0 fully saturated rings. The zero-order chi connectivity index (χ0) is 12.1. The van der Waals surface area contributed by atoms with Crippen molar-refractivity contribution in [3.8, 4) is 0 Å². The maximum atomic E-state index is 5.91. The summed E-state index contributed by atoms with van der Waals surface area (Å²) in [4.78, 5) is 3.93. The van der Waals surface area contributed by atoms with E-state index in [0.29, 0.717) is 22.4 Å². The molecule has 0 spiro atoms. The van der Waals surface area contributed by atoms with Crippen molar-refractivity contribution in [3.63, 3.8) is 0 Å². The Hall–Kier alpha value is -1.10. The van der Waals surface area contributed by atoms with E-state index >= 15 is 0 Å². The highest BCUT2D eigenvalue weighted by molar-refractivity contribution is 6.42. The van der Waals surface area contributed by atoms with Crippen LogP contribution in [0.3, 0.4) is 0 Å². The molecular formula is C11H11Cl2N3O. The Morgan fingerprint density at radius 2 is 2.12 bits per heavy atom. The van der Waals surface area contributed by atoms with Gasteiger partial charge in [0.2, 0.25) is 5.89 Å². The molecular weight excluding hydrogens is 261 g/mol. The molecule has 1 aromatic carbocycles. The van der Waals surface area contributed by atoms with Crippen LogP contribution in [0, 0.1) is 0 Å². The second kappa shape index (κ2) is 6.00. The maximum Gasteiger partial charge on any atom is 0.227 e. The average molecular weight is 272 g/mol. The third-order valence-electron chi connectivity index (χ3n) is 2.24. The van der Waals surface area contributed by atoms with Gasteiger partial charge in [-0.25, -0.2) is 0 Å². The molecule has 0 saturated heterocycles. The third kappa shape index (κ3) is 3.70. The minimum absolute atomic E-state index is 0.571. The Balaban J connectivity index is 1.76. The van der Waals surface area contributed by atoms with Crippen LogP contribution >= 0.6 is 23.2 Å². The molecule has 2 rings (SSSR count). The van der Waals surface area contributed by atoms with Crippen LogP contribution < -0.4 is 5.32 Å². The van der Waals surface area contributed by atoms with Gasteiger partial charge in [0.25, 0.3) is 0 Å². The van der Waals surface area contributed by atoms with Crippen molar-refractivity contribution < 1.29 is 4.52 Å². The Labute approximate surface area is 109 Å². The molecule has 0 aliphatic heterocycles. The summed E-state index contributed by atoms with van der Waals surface area (Å²) in [5.41, 5.74) is 1.09. The molecule has 90 valence electrons. The largest absolute Gasteiger partial charge is 0.340 e. The fraction of sp³-hybridized carbons (Fsp3) is 0.273. The van der Waals surface area contributed by atoms with E-state index < -0.39 is 0 Å². The number of nitrogens with one attached hydrogen (secondary N) is 1. The maximum absolute atomic E-state index is 5.91. The van der Waals surface area contributed by atoms with Crippen LogP contribution in [0.1, 0.15) is 11.5 Å². The van der Waals surface area contributed by atoms with E-state index in [2.05, 4.69) is 15.5 Å². The van der Waals surface area contributed by atoms with Gasteiger partial charge < -0.3 is 9.84 Å². The van der Waals surface area contributed by atoms with Crippen molar-refractivity contribution >= 4 is 23.2 Å². The van der Waals surface area contributed by atoms with Gasteiger partial charge in [0.1, 0.15) is 0 Å². The molecule has 6 heteroatoms. The highest BCUT2D eigenvalue weighted by Crippen LogP contribution is 2.22. The first-order valence-corrected chi connectivity index (χ1v) is 5.91. The quantitative estimate of drug-likeness (QED) is 0.850. The Kier molecular flexibility index (Phi) is 4.36.